The Kier molecular flexibility index (Phi) is 5.28. The predicted octanol–water partition coefficient (Wildman–Crippen LogP) is 2.55. The van der Waals surface area contributed by atoms with E-state index in [1.54, 1.807) is 25.1 Å². The Labute approximate surface area is 143 Å². The molecule has 0 bridgehead atoms. The number of hydrogen-bond acceptors (Lipinski definition) is 4. The third-order valence-electron chi connectivity index (χ3n) is 4.30. The molecule has 0 fully saturated rings. The van der Waals surface area contributed by atoms with Gasteiger partial charge in [-0.1, -0.05) is 25.1 Å². The number of pyridine rings is 1. The van der Waals surface area contributed by atoms with Gasteiger partial charge in [-0.25, -0.2) is 13.1 Å². The van der Waals surface area contributed by atoms with E-state index in [2.05, 4.69) is 21.1 Å². The van der Waals surface area contributed by atoms with Crippen molar-refractivity contribution >= 4 is 10.0 Å². The van der Waals surface area contributed by atoms with Crippen molar-refractivity contribution in [1.82, 2.24) is 15.0 Å². The molecule has 0 saturated carbocycles. The Morgan fingerprint density at radius 3 is 2.96 bits per heavy atom. The molecule has 1 aliphatic rings. The number of rotatable bonds is 6. The van der Waals surface area contributed by atoms with Crippen LogP contribution in [0.4, 0.5) is 0 Å². The fourth-order valence-corrected chi connectivity index (χ4v) is 4.27. The molecule has 1 aliphatic carbocycles. The summed E-state index contributed by atoms with van der Waals surface area (Å²) >= 11 is 0. The van der Waals surface area contributed by atoms with Gasteiger partial charge in [0.15, 0.2) is 0 Å². The van der Waals surface area contributed by atoms with Crippen LogP contribution in [-0.4, -0.2) is 19.9 Å². The van der Waals surface area contributed by atoms with Crippen LogP contribution in [0.15, 0.2) is 47.5 Å². The largest absolute Gasteiger partial charge is 0.306 e. The van der Waals surface area contributed by atoms with E-state index in [0.717, 1.165) is 24.8 Å². The van der Waals surface area contributed by atoms with Crippen molar-refractivity contribution in [2.24, 2.45) is 0 Å². The Bertz CT molecular complexity index is 805. The molecule has 1 aromatic heterocycles. The van der Waals surface area contributed by atoms with E-state index in [1.807, 2.05) is 18.3 Å². The summed E-state index contributed by atoms with van der Waals surface area (Å²) in [6.07, 6.45) is 5.08. The maximum atomic E-state index is 12.1. The van der Waals surface area contributed by atoms with E-state index < -0.39 is 10.0 Å². The molecule has 128 valence electrons. The first-order valence-electron chi connectivity index (χ1n) is 8.36. The van der Waals surface area contributed by atoms with Crippen molar-refractivity contribution in [3.05, 3.63) is 59.4 Å². The smallest absolute Gasteiger partial charge is 0.240 e. The Morgan fingerprint density at radius 2 is 2.12 bits per heavy atom. The number of nitrogens with zero attached hydrogens (tertiary/aromatic N) is 1. The number of sulfonamides is 1. The van der Waals surface area contributed by atoms with Gasteiger partial charge < -0.3 is 5.32 Å². The second-order valence-corrected chi connectivity index (χ2v) is 7.78. The van der Waals surface area contributed by atoms with Crippen LogP contribution in [0.2, 0.25) is 0 Å². The molecule has 6 heteroatoms. The Hall–Kier alpha value is -1.76. The molecular weight excluding hydrogens is 322 g/mol. The fraction of sp³-hybridized carbons (Fsp3) is 0.389. The van der Waals surface area contributed by atoms with Gasteiger partial charge in [-0.15, -0.1) is 0 Å². The summed E-state index contributed by atoms with van der Waals surface area (Å²) in [5.74, 6) is 0. The highest BCUT2D eigenvalue weighted by Crippen LogP contribution is 2.28. The van der Waals surface area contributed by atoms with Crippen LogP contribution in [0.25, 0.3) is 0 Å². The molecule has 2 N–H and O–H groups in total. The highest BCUT2D eigenvalue weighted by atomic mass is 32.2. The van der Waals surface area contributed by atoms with E-state index in [-0.39, 0.29) is 6.04 Å². The molecule has 5 nitrogen and oxygen atoms in total. The van der Waals surface area contributed by atoms with E-state index in [4.69, 9.17) is 0 Å². The zero-order valence-electron chi connectivity index (χ0n) is 13.8. The lowest BCUT2D eigenvalue weighted by Gasteiger charge is -2.25. The van der Waals surface area contributed by atoms with Gasteiger partial charge in [0.2, 0.25) is 10.0 Å². The van der Waals surface area contributed by atoms with Gasteiger partial charge in [-0.3, -0.25) is 4.98 Å². The highest BCUT2D eigenvalue weighted by Gasteiger charge is 2.20. The van der Waals surface area contributed by atoms with Crippen LogP contribution in [0.3, 0.4) is 0 Å². The summed E-state index contributed by atoms with van der Waals surface area (Å²) < 4.78 is 26.8. The van der Waals surface area contributed by atoms with Crippen molar-refractivity contribution in [1.29, 1.82) is 0 Å². The molecule has 3 rings (SSSR count). The molecule has 0 saturated heterocycles. The minimum Gasteiger partial charge on any atom is -0.306 e. The summed E-state index contributed by atoms with van der Waals surface area (Å²) in [7, 11) is -3.41. The normalized spacial score (nSPS) is 17.5. The highest BCUT2D eigenvalue weighted by molar-refractivity contribution is 7.89. The number of nitrogens with one attached hydrogen (secondary N) is 2. The summed E-state index contributed by atoms with van der Waals surface area (Å²) in [5, 5.41) is 3.55. The number of benzene rings is 1. The van der Waals surface area contributed by atoms with Crippen LogP contribution in [0.5, 0.6) is 0 Å². The number of aryl methyl sites for hydroxylation is 1. The van der Waals surface area contributed by atoms with E-state index in [9.17, 15) is 8.42 Å². The van der Waals surface area contributed by atoms with E-state index >= 15 is 0 Å². The van der Waals surface area contributed by atoms with Crippen LogP contribution >= 0.6 is 0 Å². The molecular formula is C18H23N3O2S. The van der Waals surface area contributed by atoms with Gasteiger partial charge in [-0.05, 0) is 48.6 Å². The standard InChI is InChI=1S/C18H23N3O2S/c1-2-21-24(22,23)15-7-3-6-14(12-15)13-20-18-10-4-9-17-16(18)8-5-11-19-17/h3,5-8,11-12,18,20-21H,2,4,9-10,13H2,1H3. The summed E-state index contributed by atoms with van der Waals surface area (Å²) in [6.45, 7) is 2.79. The zero-order chi connectivity index (χ0) is 17.0. The van der Waals surface area contributed by atoms with Crippen molar-refractivity contribution in [3.8, 4) is 0 Å². The van der Waals surface area contributed by atoms with Crippen LogP contribution < -0.4 is 10.0 Å². The van der Waals surface area contributed by atoms with Crippen LogP contribution in [-0.2, 0) is 23.0 Å². The molecule has 1 atom stereocenters. The molecule has 0 aliphatic heterocycles. The van der Waals surface area contributed by atoms with Gasteiger partial charge >= 0.3 is 0 Å². The lowest BCUT2D eigenvalue weighted by Crippen LogP contribution is -2.26. The van der Waals surface area contributed by atoms with Gasteiger partial charge in [0.1, 0.15) is 0 Å². The maximum Gasteiger partial charge on any atom is 0.240 e. The second kappa shape index (κ2) is 7.42. The molecule has 0 spiro atoms. The van der Waals surface area contributed by atoms with Crippen molar-refractivity contribution in [2.75, 3.05) is 6.54 Å². The predicted molar refractivity (Wildman–Crippen MR) is 94.1 cm³/mol. The quantitative estimate of drug-likeness (QED) is 0.844. The van der Waals surface area contributed by atoms with Gasteiger partial charge in [0, 0.05) is 31.0 Å². The molecule has 1 aromatic carbocycles. The SMILES string of the molecule is CCNS(=O)(=O)c1cccc(CNC2CCCc3ncccc32)c1. The zero-order valence-corrected chi connectivity index (χ0v) is 14.6. The lowest BCUT2D eigenvalue weighted by molar-refractivity contribution is 0.454. The average Bonchev–Trinajstić information content (AvgIpc) is 2.60. The first-order chi connectivity index (χ1) is 11.6. The van der Waals surface area contributed by atoms with Gasteiger partial charge in [0.25, 0.3) is 0 Å². The molecule has 2 aromatic rings. The maximum absolute atomic E-state index is 12.1. The van der Waals surface area contributed by atoms with Crippen molar-refractivity contribution in [3.63, 3.8) is 0 Å². The molecule has 1 heterocycles. The summed E-state index contributed by atoms with van der Waals surface area (Å²) in [4.78, 5) is 4.78. The number of fused-ring (bicyclic) bond motifs is 1. The minimum atomic E-state index is -3.41. The van der Waals surface area contributed by atoms with Gasteiger partial charge in [0.05, 0.1) is 4.90 Å². The Balaban J connectivity index is 1.72. The van der Waals surface area contributed by atoms with Crippen molar-refractivity contribution < 1.29 is 8.42 Å². The van der Waals surface area contributed by atoms with Crippen LogP contribution in [0.1, 0.15) is 42.6 Å². The molecule has 0 radical (unpaired) electrons. The third-order valence-corrected chi connectivity index (χ3v) is 5.85. The fourth-order valence-electron chi connectivity index (χ4n) is 3.15. The Morgan fingerprint density at radius 1 is 1.25 bits per heavy atom. The molecule has 0 amide bonds. The van der Waals surface area contributed by atoms with Crippen molar-refractivity contribution in [2.45, 2.75) is 43.7 Å². The molecule has 24 heavy (non-hydrogen) atoms. The number of aromatic nitrogens is 1. The van der Waals surface area contributed by atoms with E-state index in [0.29, 0.717) is 18.0 Å². The minimum absolute atomic E-state index is 0.275. The third kappa shape index (κ3) is 3.83. The van der Waals surface area contributed by atoms with Crippen LogP contribution in [0, 0.1) is 0 Å². The first kappa shape index (κ1) is 17.1. The number of hydrogen-bond donors (Lipinski definition) is 2. The molecule has 1 unspecified atom stereocenters. The summed E-state index contributed by atoms with van der Waals surface area (Å²) in [5.41, 5.74) is 3.40. The lowest BCUT2D eigenvalue weighted by atomic mass is 9.91. The summed E-state index contributed by atoms with van der Waals surface area (Å²) in [6, 6.07) is 11.5. The monoisotopic (exact) mass is 345 g/mol. The van der Waals surface area contributed by atoms with E-state index in [1.165, 1.54) is 11.3 Å². The van der Waals surface area contributed by atoms with Gasteiger partial charge in [-0.2, -0.15) is 0 Å². The first-order valence-corrected chi connectivity index (χ1v) is 9.84. The second-order valence-electron chi connectivity index (χ2n) is 6.01. The average molecular weight is 345 g/mol. The topological polar surface area (TPSA) is 71.1 Å².